The van der Waals surface area contributed by atoms with Crippen molar-refractivity contribution in [2.24, 2.45) is 0 Å². The molecule has 0 aliphatic carbocycles. The van der Waals surface area contributed by atoms with Crippen molar-refractivity contribution in [2.75, 3.05) is 11.9 Å². The van der Waals surface area contributed by atoms with Crippen LogP contribution in [0.4, 0.5) is 5.69 Å². The Balaban J connectivity index is 2.83. The summed E-state index contributed by atoms with van der Waals surface area (Å²) < 4.78 is 0. The van der Waals surface area contributed by atoms with Crippen molar-refractivity contribution in [1.82, 2.24) is 0 Å². The second-order valence-corrected chi connectivity index (χ2v) is 4.88. The van der Waals surface area contributed by atoms with E-state index in [-0.39, 0.29) is 12.1 Å². The van der Waals surface area contributed by atoms with Crippen LogP contribution < -0.4 is 5.32 Å². The molecule has 2 N–H and O–H groups in total. The third kappa shape index (κ3) is 3.73. The van der Waals surface area contributed by atoms with Crippen molar-refractivity contribution in [3.8, 4) is 0 Å². The van der Waals surface area contributed by atoms with E-state index in [0.29, 0.717) is 6.42 Å². The first-order chi connectivity index (χ1) is 6.94. The van der Waals surface area contributed by atoms with Crippen LogP contribution in [-0.2, 0) is 0 Å². The molecule has 0 aliphatic rings. The summed E-state index contributed by atoms with van der Waals surface area (Å²) in [5.74, 6) is 0. The Labute approximate surface area is 96.3 Å². The fourth-order valence-electron chi connectivity index (χ4n) is 1.44. The number of hydrogen-bond donors (Lipinski definition) is 2. The van der Waals surface area contributed by atoms with E-state index in [1.165, 1.54) is 0 Å². The Bertz CT molecular complexity index is 336. The van der Waals surface area contributed by atoms with E-state index in [9.17, 15) is 0 Å². The lowest BCUT2D eigenvalue weighted by molar-refractivity contribution is 0.261. The van der Waals surface area contributed by atoms with Crippen molar-refractivity contribution in [3.05, 3.63) is 28.8 Å². The summed E-state index contributed by atoms with van der Waals surface area (Å²) in [5, 5.41) is 13.0. The van der Waals surface area contributed by atoms with Gasteiger partial charge in [-0.3, -0.25) is 0 Å². The van der Waals surface area contributed by atoms with Gasteiger partial charge in [0.1, 0.15) is 0 Å². The number of aryl methyl sites for hydroxylation is 1. The zero-order valence-electron chi connectivity index (χ0n) is 9.47. The zero-order valence-corrected chi connectivity index (χ0v) is 10.2. The number of hydrogen-bond acceptors (Lipinski definition) is 2. The fraction of sp³-hybridized carbons (Fsp3) is 0.500. The lowest BCUT2D eigenvalue weighted by Crippen LogP contribution is -2.32. The Morgan fingerprint density at radius 2 is 2.07 bits per heavy atom. The minimum Gasteiger partial charge on any atom is -0.396 e. The number of benzene rings is 1. The summed E-state index contributed by atoms with van der Waals surface area (Å²) in [6.45, 7) is 6.33. The predicted octanol–water partition coefficient (Wildman–Crippen LogP) is 3.22. The van der Waals surface area contributed by atoms with Gasteiger partial charge in [0.25, 0.3) is 0 Å². The van der Waals surface area contributed by atoms with Gasteiger partial charge >= 0.3 is 0 Å². The third-order valence-corrected chi connectivity index (χ3v) is 2.64. The molecule has 2 nitrogen and oxygen atoms in total. The van der Waals surface area contributed by atoms with Crippen LogP contribution in [0, 0.1) is 6.92 Å². The molecule has 0 bridgehead atoms. The molecule has 84 valence electrons. The maximum Gasteiger partial charge on any atom is 0.0453 e. The summed E-state index contributed by atoms with van der Waals surface area (Å²) in [5.41, 5.74) is 2.07. The quantitative estimate of drug-likeness (QED) is 0.828. The second kappa shape index (κ2) is 4.86. The summed E-state index contributed by atoms with van der Waals surface area (Å²) >= 11 is 5.93. The number of rotatable bonds is 4. The Morgan fingerprint density at radius 3 is 2.67 bits per heavy atom. The molecule has 0 fully saturated rings. The van der Waals surface area contributed by atoms with Crippen LogP contribution >= 0.6 is 11.6 Å². The van der Waals surface area contributed by atoms with E-state index in [0.717, 1.165) is 16.3 Å². The van der Waals surface area contributed by atoms with Gasteiger partial charge in [-0.25, -0.2) is 0 Å². The highest BCUT2D eigenvalue weighted by Gasteiger charge is 2.17. The lowest BCUT2D eigenvalue weighted by atomic mass is 10.00. The van der Waals surface area contributed by atoms with E-state index < -0.39 is 0 Å². The molecule has 0 heterocycles. The van der Waals surface area contributed by atoms with Gasteiger partial charge in [0.05, 0.1) is 0 Å². The van der Waals surface area contributed by atoms with Crippen molar-refractivity contribution in [1.29, 1.82) is 0 Å². The second-order valence-electron chi connectivity index (χ2n) is 4.44. The minimum absolute atomic E-state index is 0.121. The molecule has 1 aromatic carbocycles. The van der Waals surface area contributed by atoms with Gasteiger partial charge in [-0.15, -0.1) is 0 Å². The zero-order chi connectivity index (χ0) is 11.5. The first kappa shape index (κ1) is 12.3. The Hall–Kier alpha value is -0.730. The summed E-state index contributed by atoms with van der Waals surface area (Å²) in [4.78, 5) is 0. The number of nitrogens with one attached hydrogen (secondary N) is 1. The van der Waals surface area contributed by atoms with Crippen LogP contribution in [0.1, 0.15) is 25.8 Å². The molecule has 1 aromatic rings. The van der Waals surface area contributed by atoms with Crippen LogP contribution in [0.25, 0.3) is 0 Å². The molecule has 0 atom stereocenters. The van der Waals surface area contributed by atoms with E-state index in [2.05, 4.69) is 19.2 Å². The molecule has 15 heavy (non-hydrogen) atoms. The van der Waals surface area contributed by atoms with Crippen molar-refractivity contribution in [3.63, 3.8) is 0 Å². The normalized spacial score (nSPS) is 11.5. The highest BCUT2D eigenvalue weighted by Crippen LogP contribution is 2.24. The van der Waals surface area contributed by atoms with E-state index in [1.807, 2.05) is 25.1 Å². The van der Waals surface area contributed by atoms with E-state index in [4.69, 9.17) is 16.7 Å². The van der Waals surface area contributed by atoms with Crippen molar-refractivity contribution < 1.29 is 5.11 Å². The lowest BCUT2D eigenvalue weighted by Gasteiger charge is -2.27. The van der Waals surface area contributed by atoms with E-state index >= 15 is 0 Å². The maximum absolute atomic E-state index is 8.94. The monoisotopic (exact) mass is 227 g/mol. The van der Waals surface area contributed by atoms with Crippen LogP contribution in [-0.4, -0.2) is 17.3 Å². The SMILES string of the molecule is Cc1ccc(Cl)cc1NC(C)(C)CCO. The molecule has 0 amide bonds. The summed E-state index contributed by atoms with van der Waals surface area (Å²) in [7, 11) is 0. The highest BCUT2D eigenvalue weighted by atomic mass is 35.5. The Kier molecular flexibility index (Phi) is 4.00. The van der Waals surface area contributed by atoms with Gasteiger partial charge in [-0.1, -0.05) is 17.7 Å². The smallest absolute Gasteiger partial charge is 0.0453 e. The molecule has 0 aromatic heterocycles. The number of halogens is 1. The van der Waals surface area contributed by atoms with Gasteiger partial charge in [0.15, 0.2) is 0 Å². The molecular formula is C12H18ClNO. The number of aliphatic hydroxyl groups is 1. The van der Waals surface area contributed by atoms with Crippen molar-refractivity contribution >= 4 is 17.3 Å². The van der Waals surface area contributed by atoms with Crippen molar-refractivity contribution in [2.45, 2.75) is 32.7 Å². The highest BCUT2D eigenvalue weighted by molar-refractivity contribution is 6.30. The summed E-state index contributed by atoms with van der Waals surface area (Å²) in [6.07, 6.45) is 0.707. The van der Waals surface area contributed by atoms with Crippen LogP contribution in [0.5, 0.6) is 0 Å². The molecule has 0 unspecified atom stereocenters. The Morgan fingerprint density at radius 1 is 1.40 bits per heavy atom. The van der Waals surface area contributed by atoms with Gasteiger partial charge < -0.3 is 10.4 Å². The number of anilines is 1. The van der Waals surface area contributed by atoms with Gasteiger partial charge in [-0.05, 0) is 44.9 Å². The predicted molar refractivity (Wildman–Crippen MR) is 65.6 cm³/mol. The molecule has 0 saturated carbocycles. The maximum atomic E-state index is 8.94. The van der Waals surface area contributed by atoms with Gasteiger partial charge in [-0.2, -0.15) is 0 Å². The molecule has 0 saturated heterocycles. The number of aliphatic hydroxyl groups excluding tert-OH is 1. The molecular weight excluding hydrogens is 210 g/mol. The first-order valence-electron chi connectivity index (χ1n) is 5.10. The summed E-state index contributed by atoms with van der Waals surface area (Å²) in [6, 6.07) is 5.77. The molecule has 0 spiro atoms. The molecule has 0 radical (unpaired) electrons. The van der Waals surface area contributed by atoms with Gasteiger partial charge in [0, 0.05) is 22.9 Å². The van der Waals surface area contributed by atoms with E-state index in [1.54, 1.807) is 0 Å². The first-order valence-corrected chi connectivity index (χ1v) is 5.47. The molecule has 0 aliphatic heterocycles. The minimum atomic E-state index is -0.121. The molecule has 1 rings (SSSR count). The fourth-order valence-corrected chi connectivity index (χ4v) is 1.61. The largest absolute Gasteiger partial charge is 0.396 e. The van der Waals surface area contributed by atoms with Crippen LogP contribution in [0.3, 0.4) is 0 Å². The molecule has 3 heteroatoms. The average Bonchev–Trinajstić information content (AvgIpc) is 2.10. The van der Waals surface area contributed by atoms with Crippen LogP contribution in [0.15, 0.2) is 18.2 Å². The van der Waals surface area contributed by atoms with Crippen LogP contribution in [0.2, 0.25) is 5.02 Å². The topological polar surface area (TPSA) is 32.3 Å². The standard InChI is InChI=1S/C12H18ClNO/c1-9-4-5-10(13)8-11(9)14-12(2,3)6-7-15/h4-5,8,14-15H,6-7H2,1-3H3. The average molecular weight is 228 g/mol. The van der Waals surface area contributed by atoms with Gasteiger partial charge in [0.2, 0.25) is 0 Å². The third-order valence-electron chi connectivity index (χ3n) is 2.41.